The van der Waals surface area contributed by atoms with Crippen LogP contribution in [0.1, 0.15) is 25.7 Å². The molecule has 0 spiro atoms. The molecule has 1 rings (SSSR count). The van der Waals surface area contributed by atoms with Gasteiger partial charge in [-0.2, -0.15) is 0 Å². The van der Waals surface area contributed by atoms with E-state index in [4.69, 9.17) is 0 Å². The van der Waals surface area contributed by atoms with Crippen molar-refractivity contribution >= 4 is 21.6 Å². The largest absolute Gasteiger partial charge is 0.0973 e. The molecule has 1 aliphatic carbocycles. The first-order chi connectivity index (χ1) is 3.93. The van der Waals surface area contributed by atoms with Crippen LogP contribution in [0.25, 0.3) is 0 Å². The molecule has 0 N–H and O–H groups in total. The van der Waals surface area contributed by atoms with Gasteiger partial charge in [-0.05, 0) is 19.1 Å². The second-order valence-corrected chi connectivity index (χ2v) is 4.94. The van der Waals surface area contributed by atoms with Crippen LogP contribution in [-0.4, -0.2) is 11.5 Å². The quantitative estimate of drug-likeness (QED) is 0.552. The fourth-order valence-electron chi connectivity index (χ4n) is 1.12. The van der Waals surface area contributed by atoms with Gasteiger partial charge in [-0.15, -0.1) is 0 Å². The molecular formula is C6H12S2. The summed E-state index contributed by atoms with van der Waals surface area (Å²) < 4.78 is 0. The maximum absolute atomic E-state index is 2.17. The second kappa shape index (κ2) is 3.67. The van der Waals surface area contributed by atoms with E-state index in [0.717, 1.165) is 5.25 Å². The van der Waals surface area contributed by atoms with Crippen LogP contribution >= 0.6 is 21.6 Å². The standard InChI is InChI=1S/C6H12S2/c1-7-8-6-4-2-3-5-6/h6H,2-5H2,1H3. The second-order valence-electron chi connectivity index (χ2n) is 2.17. The highest BCUT2D eigenvalue weighted by atomic mass is 33.1. The average Bonchev–Trinajstić information content (AvgIpc) is 2.19. The Morgan fingerprint density at radius 2 is 1.88 bits per heavy atom. The lowest BCUT2D eigenvalue weighted by atomic mass is 10.4. The highest BCUT2D eigenvalue weighted by Gasteiger charge is 2.13. The molecule has 0 unspecified atom stereocenters. The molecule has 0 aliphatic heterocycles. The minimum absolute atomic E-state index is 0.991. The van der Waals surface area contributed by atoms with Crippen molar-refractivity contribution in [2.24, 2.45) is 0 Å². The lowest BCUT2D eigenvalue weighted by molar-refractivity contribution is 0.886. The van der Waals surface area contributed by atoms with Gasteiger partial charge in [-0.3, -0.25) is 0 Å². The predicted molar refractivity (Wildman–Crippen MR) is 43.4 cm³/mol. The zero-order valence-corrected chi connectivity index (χ0v) is 6.86. The Labute approximate surface area is 59.2 Å². The minimum atomic E-state index is 0.991. The van der Waals surface area contributed by atoms with Crippen LogP contribution in [0.15, 0.2) is 0 Å². The molecule has 0 atom stereocenters. The molecule has 0 bridgehead atoms. The van der Waals surface area contributed by atoms with Crippen LogP contribution in [0.3, 0.4) is 0 Å². The fraction of sp³-hybridized carbons (Fsp3) is 1.00. The summed E-state index contributed by atoms with van der Waals surface area (Å²) in [6.07, 6.45) is 8.04. The SMILES string of the molecule is CSSC1CCCC1. The first kappa shape index (κ1) is 6.81. The lowest BCUT2D eigenvalue weighted by Gasteiger charge is -2.02. The van der Waals surface area contributed by atoms with Gasteiger partial charge in [-0.1, -0.05) is 34.4 Å². The molecular weight excluding hydrogens is 136 g/mol. The molecule has 0 aromatic heterocycles. The van der Waals surface area contributed by atoms with Crippen LogP contribution in [0.2, 0.25) is 0 Å². The molecule has 0 radical (unpaired) electrons. The van der Waals surface area contributed by atoms with E-state index in [1.165, 1.54) is 25.7 Å². The van der Waals surface area contributed by atoms with E-state index in [1.54, 1.807) is 0 Å². The normalized spacial score (nSPS) is 22.1. The molecule has 0 saturated heterocycles. The molecule has 0 amide bonds. The molecule has 1 fully saturated rings. The Bertz CT molecular complexity index is 57.5. The number of rotatable bonds is 2. The minimum Gasteiger partial charge on any atom is -0.0973 e. The van der Waals surface area contributed by atoms with Gasteiger partial charge < -0.3 is 0 Å². The molecule has 0 heterocycles. The smallest absolute Gasteiger partial charge is 0.0151 e. The van der Waals surface area contributed by atoms with E-state index in [1.807, 2.05) is 10.8 Å². The molecule has 0 aromatic carbocycles. The first-order valence-corrected chi connectivity index (χ1v) is 5.75. The molecule has 1 saturated carbocycles. The van der Waals surface area contributed by atoms with Gasteiger partial charge in [0.15, 0.2) is 0 Å². The summed E-state index contributed by atoms with van der Waals surface area (Å²) in [7, 11) is 3.97. The predicted octanol–water partition coefficient (Wildman–Crippen LogP) is 2.94. The van der Waals surface area contributed by atoms with Crippen LogP contribution in [0.4, 0.5) is 0 Å². The third-order valence-electron chi connectivity index (χ3n) is 1.53. The highest BCUT2D eigenvalue weighted by Crippen LogP contribution is 2.35. The third-order valence-corrected chi connectivity index (χ3v) is 3.86. The Hall–Kier alpha value is 0.700. The van der Waals surface area contributed by atoms with Crippen molar-refractivity contribution in [3.8, 4) is 0 Å². The zero-order valence-electron chi connectivity index (χ0n) is 5.22. The third kappa shape index (κ3) is 1.90. The van der Waals surface area contributed by atoms with Gasteiger partial charge in [0.2, 0.25) is 0 Å². The van der Waals surface area contributed by atoms with Gasteiger partial charge in [0, 0.05) is 5.25 Å². The maximum atomic E-state index is 2.17. The number of hydrogen-bond donors (Lipinski definition) is 0. The van der Waals surface area contributed by atoms with Crippen molar-refractivity contribution < 1.29 is 0 Å². The van der Waals surface area contributed by atoms with Gasteiger partial charge in [0.25, 0.3) is 0 Å². The summed E-state index contributed by atoms with van der Waals surface area (Å²) in [5, 5.41) is 0.991. The summed E-state index contributed by atoms with van der Waals surface area (Å²) in [6.45, 7) is 0. The van der Waals surface area contributed by atoms with Crippen LogP contribution in [0.5, 0.6) is 0 Å². The zero-order chi connectivity index (χ0) is 5.82. The van der Waals surface area contributed by atoms with Crippen molar-refractivity contribution in [2.75, 3.05) is 6.26 Å². The Kier molecular flexibility index (Phi) is 3.13. The molecule has 48 valence electrons. The summed E-state index contributed by atoms with van der Waals surface area (Å²) in [4.78, 5) is 0. The fourth-order valence-corrected chi connectivity index (χ4v) is 3.31. The number of hydrogen-bond acceptors (Lipinski definition) is 2. The van der Waals surface area contributed by atoms with E-state index in [-0.39, 0.29) is 0 Å². The first-order valence-electron chi connectivity index (χ1n) is 3.13. The lowest BCUT2D eigenvalue weighted by Crippen LogP contribution is -1.88. The van der Waals surface area contributed by atoms with Gasteiger partial charge in [0.05, 0.1) is 0 Å². The summed E-state index contributed by atoms with van der Waals surface area (Å²) in [6, 6.07) is 0. The van der Waals surface area contributed by atoms with Crippen LogP contribution < -0.4 is 0 Å². The maximum Gasteiger partial charge on any atom is 0.0151 e. The van der Waals surface area contributed by atoms with Gasteiger partial charge in [-0.25, -0.2) is 0 Å². The Morgan fingerprint density at radius 1 is 1.25 bits per heavy atom. The summed E-state index contributed by atoms with van der Waals surface area (Å²) in [5.41, 5.74) is 0. The molecule has 0 aromatic rings. The summed E-state index contributed by atoms with van der Waals surface area (Å²) in [5.74, 6) is 0. The van der Waals surface area contributed by atoms with Crippen molar-refractivity contribution in [1.29, 1.82) is 0 Å². The highest BCUT2D eigenvalue weighted by molar-refractivity contribution is 8.76. The average molecular weight is 148 g/mol. The summed E-state index contributed by atoms with van der Waals surface area (Å²) >= 11 is 0. The van der Waals surface area contributed by atoms with E-state index >= 15 is 0 Å². The molecule has 8 heavy (non-hydrogen) atoms. The van der Waals surface area contributed by atoms with Crippen molar-refractivity contribution in [2.45, 2.75) is 30.9 Å². The monoisotopic (exact) mass is 148 g/mol. The molecule has 0 nitrogen and oxygen atoms in total. The Balaban J connectivity index is 2.06. The van der Waals surface area contributed by atoms with Crippen LogP contribution in [0, 0.1) is 0 Å². The molecule has 1 aliphatic rings. The topological polar surface area (TPSA) is 0 Å². The van der Waals surface area contributed by atoms with Gasteiger partial charge in [0.1, 0.15) is 0 Å². The van der Waals surface area contributed by atoms with E-state index in [9.17, 15) is 0 Å². The van der Waals surface area contributed by atoms with Crippen molar-refractivity contribution in [1.82, 2.24) is 0 Å². The van der Waals surface area contributed by atoms with E-state index in [0.29, 0.717) is 0 Å². The van der Waals surface area contributed by atoms with E-state index < -0.39 is 0 Å². The molecule has 2 heteroatoms. The van der Waals surface area contributed by atoms with Crippen molar-refractivity contribution in [3.05, 3.63) is 0 Å². The van der Waals surface area contributed by atoms with Crippen LogP contribution in [-0.2, 0) is 0 Å². The van der Waals surface area contributed by atoms with Crippen molar-refractivity contribution in [3.63, 3.8) is 0 Å². The Morgan fingerprint density at radius 3 is 2.38 bits per heavy atom. The van der Waals surface area contributed by atoms with Gasteiger partial charge >= 0.3 is 0 Å². The van der Waals surface area contributed by atoms with E-state index in [2.05, 4.69) is 17.0 Å².